The van der Waals surface area contributed by atoms with Gasteiger partial charge in [0.1, 0.15) is 5.69 Å². The van der Waals surface area contributed by atoms with Gasteiger partial charge >= 0.3 is 0 Å². The van der Waals surface area contributed by atoms with Gasteiger partial charge in [-0.25, -0.2) is 4.98 Å². The third kappa shape index (κ3) is 2.54. The van der Waals surface area contributed by atoms with Crippen molar-refractivity contribution in [3.63, 3.8) is 0 Å². The minimum absolute atomic E-state index is 0.0445. The second kappa shape index (κ2) is 5.10. The number of amides is 1. The normalized spacial score (nSPS) is 10.6. The van der Waals surface area contributed by atoms with Gasteiger partial charge in [-0.2, -0.15) is 0 Å². The molecule has 0 aliphatic rings. The Morgan fingerprint density at radius 2 is 2.36 bits per heavy atom. The average Bonchev–Trinajstić information content (AvgIpc) is 2.65. The molecule has 3 nitrogen and oxygen atoms in total. The van der Waals surface area contributed by atoms with Gasteiger partial charge in [-0.05, 0) is 20.3 Å². The maximum absolute atomic E-state index is 11.9. The average molecular weight is 212 g/mol. The number of aromatic nitrogens is 1. The molecule has 0 spiro atoms. The molecule has 0 bridgehead atoms. The van der Waals surface area contributed by atoms with E-state index in [4.69, 9.17) is 0 Å². The van der Waals surface area contributed by atoms with Crippen molar-refractivity contribution < 1.29 is 4.79 Å². The Bertz CT molecular complexity index is 282. The zero-order valence-electron chi connectivity index (χ0n) is 8.86. The zero-order valence-corrected chi connectivity index (χ0v) is 9.67. The lowest BCUT2D eigenvalue weighted by Crippen LogP contribution is -2.37. The molecule has 0 saturated heterocycles. The number of hydrogen-bond donors (Lipinski definition) is 0. The largest absolute Gasteiger partial charge is 0.335 e. The lowest BCUT2D eigenvalue weighted by Gasteiger charge is -2.25. The van der Waals surface area contributed by atoms with E-state index in [-0.39, 0.29) is 11.9 Å². The van der Waals surface area contributed by atoms with Gasteiger partial charge in [-0.3, -0.25) is 4.79 Å². The van der Waals surface area contributed by atoms with Crippen LogP contribution in [0.1, 0.15) is 37.7 Å². The van der Waals surface area contributed by atoms with Gasteiger partial charge < -0.3 is 4.90 Å². The molecule has 0 saturated carbocycles. The summed E-state index contributed by atoms with van der Waals surface area (Å²) in [5, 5.41) is 1.80. The Balaban J connectivity index is 2.74. The van der Waals surface area contributed by atoms with Crippen molar-refractivity contribution in [1.29, 1.82) is 0 Å². The lowest BCUT2D eigenvalue weighted by molar-refractivity contribution is 0.0701. The standard InChI is InChI=1S/C10H16N2OS/c1-4-5-12(8(2)3)10(13)9-6-14-7-11-9/h6-8H,4-5H2,1-3H3. The Kier molecular flexibility index (Phi) is 4.07. The fourth-order valence-corrected chi connectivity index (χ4v) is 1.83. The van der Waals surface area contributed by atoms with E-state index in [1.54, 1.807) is 10.9 Å². The molecule has 0 aliphatic carbocycles. The van der Waals surface area contributed by atoms with Crippen molar-refractivity contribution in [2.45, 2.75) is 33.2 Å². The summed E-state index contributed by atoms with van der Waals surface area (Å²) in [5.41, 5.74) is 2.26. The minimum Gasteiger partial charge on any atom is -0.335 e. The van der Waals surface area contributed by atoms with Gasteiger partial charge in [-0.15, -0.1) is 11.3 Å². The summed E-state index contributed by atoms with van der Waals surface area (Å²) in [6.45, 7) is 6.93. The molecule has 1 amide bonds. The Morgan fingerprint density at radius 1 is 1.64 bits per heavy atom. The van der Waals surface area contributed by atoms with Crippen LogP contribution in [0.3, 0.4) is 0 Å². The van der Waals surface area contributed by atoms with Crippen LogP contribution < -0.4 is 0 Å². The predicted molar refractivity (Wildman–Crippen MR) is 58.6 cm³/mol. The second-order valence-electron chi connectivity index (χ2n) is 3.47. The molecule has 14 heavy (non-hydrogen) atoms. The molecule has 1 heterocycles. The summed E-state index contributed by atoms with van der Waals surface area (Å²) in [5.74, 6) is 0.0445. The SMILES string of the molecule is CCCN(C(=O)c1cscn1)C(C)C. The smallest absolute Gasteiger partial charge is 0.273 e. The summed E-state index contributed by atoms with van der Waals surface area (Å²) in [6, 6.07) is 0.240. The van der Waals surface area contributed by atoms with Crippen LogP contribution in [-0.2, 0) is 0 Å². The molecule has 78 valence electrons. The molecule has 0 fully saturated rings. The monoisotopic (exact) mass is 212 g/mol. The van der Waals surface area contributed by atoms with Crippen molar-refractivity contribution in [2.24, 2.45) is 0 Å². The number of thiazole rings is 1. The third-order valence-corrected chi connectivity index (χ3v) is 2.59. The highest BCUT2D eigenvalue weighted by molar-refractivity contribution is 7.07. The first kappa shape index (κ1) is 11.2. The Hall–Kier alpha value is -0.900. The molecule has 1 aromatic rings. The molecule has 0 aromatic carbocycles. The third-order valence-electron chi connectivity index (χ3n) is 2.00. The summed E-state index contributed by atoms with van der Waals surface area (Å²) >= 11 is 1.46. The van der Waals surface area contributed by atoms with Crippen LogP contribution in [0.15, 0.2) is 10.9 Å². The Morgan fingerprint density at radius 3 is 2.79 bits per heavy atom. The molecular formula is C10H16N2OS. The number of hydrogen-bond acceptors (Lipinski definition) is 3. The van der Waals surface area contributed by atoms with Gasteiger partial charge in [0, 0.05) is 18.0 Å². The van der Waals surface area contributed by atoms with Gasteiger partial charge in [0.15, 0.2) is 0 Å². The van der Waals surface area contributed by atoms with E-state index in [1.165, 1.54) is 11.3 Å². The van der Waals surface area contributed by atoms with Gasteiger partial charge in [0.25, 0.3) is 5.91 Å². The summed E-state index contributed by atoms with van der Waals surface area (Å²) < 4.78 is 0. The van der Waals surface area contributed by atoms with Crippen molar-refractivity contribution >= 4 is 17.2 Å². The first-order valence-corrected chi connectivity index (χ1v) is 5.80. The van der Waals surface area contributed by atoms with Crippen LogP contribution in [0, 0.1) is 0 Å². The van der Waals surface area contributed by atoms with Gasteiger partial charge in [0.05, 0.1) is 5.51 Å². The molecule has 0 radical (unpaired) electrons. The highest BCUT2D eigenvalue weighted by Gasteiger charge is 2.18. The van der Waals surface area contributed by atoms with Crippen molar-refractivity contribution in [2.75, 3.05) is 6.54 Å². The molecule has 1 rings (SSSR count). The predicted octanol–water partition coefficient (Wildman–Crippen LogP) is 2.40. The topological polar surface area (TPSA) is 33.2 Å². The summed E-state index contributed by atoms with van der Waals surface area (Å²) in [7, 11) is 0. The van der Waals surface area contributed by atoms with E-state index in [1.807, 2.05) is 18.7 Å². The summed E-state index contributed by atoms with van der Waals surface area (Å²) in [4.78, 5) is 17.8. The first-order valence-electron chi connectivity index (χ1n) is 4.86. The number of carbonyl (C=O) groups excluding carboxylic acids is 1. The van der Waals surface area contributed by atoms with Crippen molar-refractivity contribution in [1.82, 2.24) is 9.88 Å². The number of carbonyl (C=O) groups is 1. The van der Waals surface area contributed by atoms with Crippen molar-refractivity contribution in [3.05, 3.63) is 16.6 Å². The fraction of sp³-hybridized carbons (Fsp3) is 0.600. The molecule has 1 aromatic heterocycles. The van der Waals surface area contributed by atoms with Crippen LogP contribution >= 0.6 is 11.3 Å². The molecule has 0 atom stereocenters. The first-order chi connectivity index (χ1) is 6.66. The quantitative estimate of drug-likeness (QED) is 0.768. The van der Waals surface area contributed by atoms with E-state index < -0.39 is 0 Å². The van der Waals surface area contributed by atoms with Crippen LogP contribution in [0.25, 0.3) is 0 Å². The molecule has 0 aliphatic heterocycles. The highest BCUT2D eigenvalue weighted by Crippen LogP contribution is 2.09. The van der Waals surface area contributed by atoms with Crippen LogP contribution in [-0.4, -0.2) is 28.4 Å². The maximum atomic E-state index is 11.9. The fourth-order valence-electron chi connectivity index (χ4n) is 1.30. The van der Waals surface area contributed by atoms with Gasteiger partial charge in [0.2, 0.25) is 0 Å². The van der Waals surface area contributed by atoms with E-state index in [9.17, 15) is 4.79 Å². The minimum atomic E-state index is 0.0445. The van der Waals surface area contributed by atoms with Crippen LogP contribution in [0.5, 0.6) is 0 Å². The van der Waals surface area contributed by atoms with Crippen molar-refractivity contribution in [3.8, 4) is 0 Å². The number of nitrogens with zero attached hydrogens (tertiary/aromatic N) is 2. The van der Waals surface area contributed by atoms with E-state index in [0.29, 0.717) is 5.69 Å². The highest BCUT2D eigenvalue weighted by atomic mass is 32.1. The number of rotatable bonds is 4. The van der Waals surface area contributed by atoms with Gasteiger partial charge in [-0.1, -0.05) is 6.92 Å². The van der Waals surface area contributed by atoms with Crippen LogP contribution in [0.4, 0.5) is 0 Å². The summed E-state index contributed by atoms with van der Waals surface area (Å²) in [6.07, 6.45) is 0.980. The molecular weight excluding hydrogens is 196 g/mol. The Labute approximate surface area is 88.8 Å². The van der Waals surface area contributed by atoms with E-state index in [0.717, 1.165) is 13.0 Å². The van der Waals surface area contributed by atoms with E-state index >= 15 is 0 Å². The van der Waals surface area contributed by atoms with Crippen LogP contribution in [0.2, 0.25) is 0 Å². The maximum Gasteiger partial charge on any atom is 0.273 e. The zero-order chi connectivity index (χ0) is 10.6. The molecule has 0 unspecified atom stereocenters. The van der Waals surface area contributed by atoms with E-state index in [2.05, 4.69) is 11.9 Å². The lowest BCUT2D eigenvalue weighted by atomic mass is 10.2. The molecule has 0 N–H and O–H groups in total. The second-order valence-corrected chi connectivity index (χ2v) is 4.18. The molecule has 4 heteroatoms.